The van der Waals surface area contributed by atoms with Crippen molar-refractivity contribution in [2.24, 2.45) is 5.73 Å². The molecule has 90 valence electrons. The lowest BCUT2D eigenvalue weighted by Gasteiger charge is -2.07. The smallest absolute Gasteiger partial charge is 0.234 e. The van der Waals surface area contributed by atoms with Crippen LogP contribution in [-0.4, -0.2) is 17.6 Å². The van der Waals surface area contributed by atoms with Crippen molar-refractivity contribution in [2.45, 2.75) is 19.6 Å². The Labute approximate surface area is 101 Å². The zero-order valence-corrected chi connectivity index (χ0v) is 9.96. The van der Waals surface area contributed by atoms with Gasteiger partial charge in [0.25, 0.3) is 0 Å². The van der Waals surface area contributed by atoms with Gasteiger partial charge in [-0.15, -0.1) is 12.4 Å². The second-order valence-corrected chi connectivity index (χ2v) is 3.40. The standard InChI is InChI=1S/C11H16N2O2.ClH/c1-8(14)10-4-2-9(3-5-10)7-13-11(15)6-12;/h2-5,8,14H,6-7,12H2,1H3,(H,13,15);1H. The van der Waals surface area contributed by atoms with E-state index in [1.54, 1.807) is 6.92 Å². The zero-order chi connectivity index (χ0) is 11.3. The maximum atomic E-state index is 10.9. The molecule has 4 nitrogen and oxygen atoms in total. The number of nitrogens with two attached hydrogens (primary N) is 1. The van der Waals surface area contributed by atoms with Crippen LogP contribution in [0.15, 0.2) is 24.3 Å². The van der Waals surface area contributed by atoms with Crippen LogP contribution in [0, 0.1) is 0 Å². The van der Waals surface area contributed by atoms with Crippen molar-refractivity contribution in [1.82, 2.24) is 5.32 Å². The van der Waals surface area contributed by atoms with Crippen LogP contribution in [0.2, 0.25) is 0 Å². The number of benzene rings is 1. The predicted molar refractivity (Wildman–Crippen MR) is 65.2 cm³/mol. The van der Waals surface area contributed by atoms with E-state index in [0.29, 0.717) is 6.54 Å². The summed E-state index contributed by atoms with van der Waals surface area (Å²) in [5, 5.41) is 12.0. The first-order valence-corrected chi connectivity index (χ1v) is 4.87. The highest BCUT2D eigenvalue weighted by Gasteiger charge is 2.01. The molecular weight excluding hydrogens is 228 g/mol. The van der Waals surface area contributed by atoms with Crippen LogP contribution in [0.25, 0.3) is 0 Å². The molecule has 1 aromatic rings. The Balaban J connectivity index is 0.00000225. The molecule has 0 aliphatic rings. The Morgan fingerprint density at radius 2 is 2.00 bits per heavy atom. The van der Waals surface area contributed by atoms with Gasteiger partial charge >= 0.3 is 0 Å². The Hall–Kier alpha value is -1.10. The van der Waals surface area contributed by atoms with Crippen LogP contribution >= 0.6 is 12.4 Å². The molecule has 1 amide bonds. The first kappa shape index (κ1) is 14.9. The molecule has 1 atom stereocenters. The highest BCUT2D eigenvalue weighted by Crippen LogP contribution is 2.12. The number of nitrogens with one attached hydrogen (secondary N) is 1. The van der Waals surface area contributed by atoms with Gasteiger partial charge in [-0.25, -0.2) is 0 Å². The first-order valence-electron chi connectivity index (χ1n) is 4.87. The molecule has 0 saturated heterocycles. The lowest BCUT2D eigenvalue weighted by atomic mass is 10.1. The number of amides is 1. The number of hydrogen-bond donors (Lipinski definition) is 3. The molecule has 0 bridgehead atoms. The topological polar surface area (TPSA) is 75.3 Å². The van der Waals surface area contributed by atoms with Crippen LogP contribution in [0.3, 0.4) is 0 Å². The maximum absolute atomic E-state index is 10.9. The molecule has 4 N–H and O–H groups in total. The SMILES string of the molecule is CC(O)c1ccc(CNC(=O)CN)cc1.Cl. The van der Waals surface area contributed by atoms with E-state index in [-0.39, 0.29) is 24.9 Å². The Morgan fingerprint density at radius 1 is 1.44 bits per heavy atom. The van der Waals surface area contributed by atoms with Crippen LogP contribution in [-0.2, 0) is 11.3 Å². The van der Waals surface area contributed by atoms with Crippen molar-refractivity contribution < 1.29 is 9.90 Å². The normalized spacial score (nSPS) is 11.4. The molecule has 1 rings (SSSR count). The molecule has 0 aliphatic carbocycles. The minimum Gasteiger partial charge on any atom is -0.389 e. The molecule has 0 aromatic heterocycles. The third kappa shape index (κ3) is 4.61. The van der Waals surface area contributed by atoms with Crippen molar-refractivity contribution in [3.63, 3.8) is 0 Å². The van der Waals surface area contributed by atoms with E-state index in [4.69, 9.17) is 5.73 Å². The van der Waals surface area contributed by atoms with Gasteiger partial charge in [0.05, 0.1) is 12.6 Å². The summed E-state index contributed by atoms with van der Waals surface area (Å²) < 4.78 is 0. The molecule has 0 saturated carbocycles. The van der Waals surface area contributed by atoms with E-state index < -0.39 is 6.10 Å². The number of carbonyl (C=O) groups is 1. The summed E-state index contributed by atoms with van der Waals surface area (Å²) in [5.41, 5.74) is 7.01. The van der Waals surface area contributed by atoms with Gasteiger partial charge in [0.2, 0.25) is 5.91 Å². The number of aliphatic hydroxyl groups is 1. The number of carbonyl (C=O) groups excluding carboxylic acids is 1. The molecule has 0 aliphatic heterocycles. The molecule has 0 heterocycles. The monoisotopic (exact) mass is 244 g/mol. The quantitative estimate of drug-likeness (QED) is 0.731. The highest BCUT2D eigenvalue weighted by atomic mass is 35.5. The number of rotatable bonds is 4. The maximum Gasteiger partial charge on any atom is 0.234 e. The Bertz CT molecular complexity index is 325. The van der Waals surface area contributed by atoms with Gasteiger partial charge in [-0.2, -0.15) is 0 Å². The van der Waals surface area contributed by atoms with Crippen molar-refractivity contribution in [1.29, 1.82) is 0 Å². The Morgan fingerprint density at radius 3 is 2.44 bits per heavy atom. The van der Waals surface area contributed by atoms with Gasteiger partial charge in [-0.05, 0) is 18.1 Å². The second kappa shape index (κ2) is 7.22. The van der Waals surface area contributed by atoms with Crippen molar-refractivity contribution in [2.75, 3.05) is 6.54 Å². The van der Waals surface area contributed by atoms with Gasteiger partial charge in [-0.3, -0.25) is 4.79 Å². The lowest BCUT2D eigenvalue weighted by molar-refractivity contribution is -0.119. The van der Waals surface area contributed by atoms with Gasteiger partial charge in [0.15, 0.2) is 0 Å². The van der Waals surface area contributed by atoms with Crippen molar-refractivity contribution >= 4 is 18.3 Å². The van der Waals surface area contributed by atoms with Crippen molar-refractivity contribution in [3.05, 3.63) is 35.4 Å². The largest absolute Gasteiger partial charge is 0.389 e. The molecule has 1 unspecified atom stereocenters. The van der Waals surface area contributed by atoms with Crippen molar-refractivity contribution in [3.8, 4) is 0 Å². The average molecular weight is 245 g/mol. The fraction of sp³-hybridized carbons (Fsp3) is 0.364. The van der Waals surface area contributed by atoms with E-state index in [9.17, 15) is 9.90 Å². The summed E-state index contributed by atoms with van der Waals surface area (Å²) in [4.78, 5) is 10.9. The zero-order valence-electron chi connectivity index (χ0n) is 9.14. The summed E-state index contributed by atoms with van der Waals surface area (Å²) in [5.74, 6) is -0.172. The van der Waals surface area contributed by atoms with E-state index in [1.807, 2.05) is 24.3 Å². The van der Waals surface area contributed by atoms with Gasteiger partial charge in [0, 0.05) is 6.54 Å². The molecular formula is C11H17ClN2O2. The molecule has 16 heavy (non-hydrogen) atoms. The van der Waals surface area contributed by atoms with Crippen LogP contribution in [0.5, 0.6) is 0 Å². The van der Waals surface area contributed by atoms with Crippen LogP contribution in [0.1, 0.15) is 24.2 Å². The number of hydrogen-bond acceptors (Lipinski definition) is 3. The molecule has 0 spiro atoms. The van der Waals surface area contributed by atoms with E-state index in [1.165, 1.54) is 0 Å². The number of aliphatic hydroxyl groups excluding tert-OH is 1. The minimum absolute atomic E-state index is 0. The molecule has 0 radical (unpaired) electrons. The van der Waals surface area contributed by atoms with E-state index in [0.717, 1.165) is 11.1 Å². The summed E-state index contributed by atoms with van der Waals surface area (Å²) in [7, 11) is 0. The highest BCUT2D eigenvalue weighted by molar-refractivity contribution is 5.85. The van der Waals surface area contributed by atoms with Gasteiger partial charge in [0.1, 0.15) is 0 Å². The van der Waals surface area contributed by atoms with Gasteiger partial charge in [-0.1, -0.05) is 24.3 Å². The predicted octanol–water partition coefficient (Wildman–Crippen LogP) is 0.737. The summed E-state index contributed by atoms with van der Waals surface area (Å²) >= 11 is 0. The van der Waals surface area contributed by atoms with Crippen LogP contribution < -0.4 is 11.1 Å². The van der Waals surface area contributed by atoms with Crippen LogP contribution in [0.4, 0.5) is 0 Å². The summed E-state index contributed by atoms with van der Waals surface area (Å²) in [6.45, 7) is 2.19. The third-order valence-corrected chi connectivity index (χ3v) is 2.14. The van der Waals surface area contributed by atoms with E-state index >= 15 is 0 Å². The molecule has 0 fully saturated rings. The average Bonchev–Trinajstić information content (AvgIpc) is 2.26. The third-order valence-electron chi connectivity index (χ3n) is 2.14. The first-order chi connectivity index (χ1) is 7.13. The number of halogens is 1. The second-order valence-electron chi connectivity index (χ2n) is 3.40. The van der Waals surface area contributed by atoms with E-state index in [2.05, 4.69) is 5.32 Å². The lowest BCUT2D eigenvalue weighted by Crippen LogP contribution is -2.29. The van der Waals surface area contributed by atoms with Gasteiger partial charge < -0.3 is 16.2 Å². The molecule has 1 aromatic carbocycles. The minimum atomic E-state index is -0.460. The summed E-state index contributed by atoms with van der Waals surface area (Å²) in [6, 6.07) is 7.43. The Kier molecular flexibility index (Phi) is 6.72. The summed E-state index contributed by atoms with van der Waals surface area (Å²) in [6.07, 6.45) is -0.460. The fourth-order valence-corrected chi connectivity index (χ4v) is 1.19. The fourth-order valence-electron chi connectivity index (χ4n) is 1.19. The molecule has 5 heteroatoms.